The van der Waals surface area contributed by atoms with Gasteiger partial charge in [-0.15, -0.1) is 0 Å². The molecule has 0 radical (unpaired) electrons. The quantitative estimate of drug-likeness (QED) is 0.830. The van der Waals surface area contributed by atoms with Crippen molar-refractivity contribution in [3.63, 3.8) is 0 Å². The second-order valence-electron chi connectivity index (χ2n) is 5.32. The standard InChI is InChI=1S/C15H19NO/c17-15-12(6-3-4-8-16-15)10-13-9-11-5-1-2-7-14(11)13/h1-2,5,7,12-13H,3-4,6,8-10H2,(H,16,17). The fraction of sp³-hybridized carbons (Fsp3) is 0.533. The van der Waals surface area contributed by atoms with Gasteiger partial charge < -0.3 is 5.32 Å². The van der Waals surface area contributed by atoms with Crippen LogP contribution in [0.2, 0.25) is 0 Å². The average molecular weight is 229 g/mol. The first-order chi connectivity index (χ1) is 8.34. The van der Waals surface area contributed by atoms with E-state index in [0.717, 1.165) is 25.8 Å². The molecule has 1 amide bonds. The first kappa shape index (κ1) is 10.8. The number of hydrogen-bond donors (Lipinski definition) is 1. The highest BCUT2D eigenvalue weighted by Gasteiger charge is 2.31. The minimum Gasteiger partial charge on any atom is -0.356 e. The van der Waals surface area contributed by atoms with Crippen LogP contribution in [-0.2, 0) is 11.2 Å². The topological polar surface area (TPSA) is 29.1 Å². The maximum absolute atomic E-state index is 11.9. The van der Waals surface area contributed by atoms with Gasteiger partial charge in [0.05, 0.1) is 0 Å². The van der Waals surface area contributed by atoms with Crippen molar-refractivity contribution >= 4 is 5.91 Å². The van der Waals surface area contributed by atoms with Gasteiger partial charge >= 0.3 is 0 Å². The van der Waals surface area contributed by atoms with Gasteiger partial charge in [0.1, 0.15) is 0 Å². The number of amides is 1. The Morgan fingerprint density at radius 1 is 1.18 bits per heavy atom. The van der Waals surface area contributed by atoms with Gasteiger partial charge in [-0.05, 0) is 42.7 Å². The summed E-state index contributed by atoms with van der Waals surface area (Å²) in [5.74, 6) is 1.16. The predicted molar refractivity (Wildman–Crippen MR) is 67.9 cm³/mol. The van der Waals surface area contributed by atoms with Crippen molar-refractivity contribution in [2.45, 2.75) is 38.0 Å². The summed E-state index contributed by atoms with van der Waals surface area (Å²) in [7, 11) is 0. The van der Waals surface area contributed by atoms with Crippen LogP contribution in [-0.4, -0.2) is 12.5 Å². The lowest BCUT2D eigenvalue weighted by Crippen LogP contribution is -2.31. The molecule has 1 aromatic carbocycles. The summed E-state index contributed by atoms with van der Waals surface area (Å²) in [6, 6.07) is 8.64. The van der Waals surface area contributed by atoms with Crippen molar-refractivity contribution < 1.29 is 4.79 Å². The summed E-state index contributed by atoms with van der Waals surface area (Å²) in [5, 5.41) is 3.03. The summed E-state index contributed by atoms with van der Waals surface area (Å²) in [6.45, 7) is 0.872. The first-order valence-electron chi connectivity index (χ1n) is 6.70. The molecular weight excluding hydrogens is 210 g/mol. The molecule has 1 heterocycles. The van der Waals surface area contributed by atoms with Crippen molar-refractivity contribution in [1.82, 2.24) is 5.32 Å². The van der Waals surface area contributed by atoms with E-state index in [1.165, 1.54) is 24.0 Å². The fourth-order valence-electron chi connectivity index (χ4n) is 3.14. The van der Waals surface area contributed by atoms with E-state index in [1.54, 1.807) is 0 Å². The maximum Gasteiger partial charge on any atom is 0.223 e. The van der Waals surface area contributed by atoms with E-state index >= 15 is 0 Å². The van der Waals surface area contributed by atoms with Gasteiger partial charge in [-0.2, -0.15) is 0 Å². The zero-order valence-corrected chi connectivity index (χ0v) is 10.1. The van der Waals surface area contributed by atoms with E-state index < -0.39 is 0 Å². The van der Waals surface area contributed by atoms with Gasteiger partial charge in [-0.25, -0.2) is 0 Å². The van der Waals surface area contributed by atoms with Crippen molar-refractivity contribution in [3.05, 3.63) is 35.4 Å². The molecule has 1 aliphatic carbocycles. The Hall–Kier alpha value is -1.31. The SMILES string of the molecule is O=C1NCCCCC1CC1Cc2ccccc21. The maximum atomic E-state index is 11.9. The lowest BCUT2D eigenvalue weighted by atomic mass is 9.72. The van der Waals surface area contributed by atoms with E-state index in [9.17, 15) is 4.79 Å². The molecular formula is C15H19NO. The van der Waals surface area contributed by atoms with Gasteiger partial charge in [0, 0.05) is 12.5 Å². The Morgan fingerprint density at radius 3 is 2.94 bits per heavy atom. The lowest BCUT2D eigenvalue weighted by Gasteiger charge is -2.32. The van der Waals surface area contributed by atoms with E-state index in [1.807, 2.05) is 0 Å². The molecule has 0 spiro atoms. The van der Waals surface area contributed by atoms with Crippen molar-refractivity contribution in [2.75, 3.05) is 6.54 Å². The highest BCUT2D eigenvalue weighted by atomic mass is 16.1. The van der Waals surface area contributed by atoms with Crippen LogP contribution in [0.3, 0.4) is 0 Å². The zero-order valence-electron chi connectivity index (χ0n) is 10.1. The molecule has 0 aromatic heterocycles. The zero-order chi connectivity index (χ0) is 11.7. The van der Waals surface area contributed by atoms with Gasteiger partial charge in [0.25, 0.3) is 0 Å². The molecule has 0 bridgehead atoms. The van der Waals surface area contributed by atoms with Crippen LogP contribution in [0.15, 0.2) is 24.3 Å². The molecule has 3 rings (SSSR count). The summed E-state index contributed by atoms with van der Waals surface area (Å²) < 4.78 is 0. The Kier molecular flexibility index (Phi) is 2.87. The van der Waals surface area contributed by atoms with Crippen LogP contribution in [0.25, 0.3) is 0 Å². The molecule has 1 N–H and O–H groups in total. The minimum atomic E-state index is 0.246. The predicted octanol–water partition coefficient (Wildman–Crippen LogP) is 2.63. The summed E-state index contributed by atoms with van der Waals surface area (Å²) >= 11 is 0. The van der Waals surface area contributed by atoms with Crippen molar-refractivity contribution in [1.29, 1.82) is 0 Å². The number of carbonyl (C=O) groups is 1. The number of hydrogen-bond acceptors (Lipinski definition) is 1. The molecule has 0 saturated carbocycles. The Bertz CT molecular complexity index is 427. The number of carbonyl (C=O) groups excluding carboxylic acids is 1. The Morgan fingerprint density at radius 2 is 2.06 bits per heavy atom. The summed E-state index contributed by atoms with van der Waals surface area (Å²) in [5.41, 5.74) is 2.95. The molecule has 1 saturated heterocycles. The minimum absolute atomic E-state index is 0.246. The van der Waals surface area contributed by atoms with E-state index in [2.05, 4.69) is 29.6 Å². The van der Waals surface area contributed by atoms with Gasteiger partial charge in [0.15, 0.2) is 0 Å². The van der Waals surface area contributed by atoms with Crippen LogP contribution < -0.4 is 5.32 Å². The van der Waals surface area contributed by atoms with Crippen LogP contribution >= 0.6 is 0 Å². The Balaban J connectivity index is 1.66. The van der Waals surface area contributed by atoms with Gasteiger partial charge in [-0.3, -0.25) is 4.79 Å². The lowest BCUT2D eigenvalue weighted by molar-refractivity contribution is -0.125. The monoisotopic (exact) mass is 229 g/mol. The van der Waals surface area contributed by atoms with Crippen LogP contribution in [0, 0.1) is 5.92 Å². The summed E-state index contributed by atoms with van der Waals surface area (Å²) in [4.78, 5) is 11.9. The number of nitrogens with one attached hydrogen (secondary N) is 1. The highest BCUT2D eigenvalue weighted by Crippen LogP contribution is 2.40. The van der Waals surface area contributed by atoms with Crippen LogP contribution in [0.4, 0.5) is 0 Å². The molecule has 2 nitrogen and oxygen atoms in total. The molecule has 2 atom stereocenters. The fourth-order valence-corrected chi connectivity index (χ4v) is 3.14. The average Bonchev–Trinajstić information content (AvgIpc) is 2.51. The van der Waals surface area contributed by atoms with Crippen molar-refractivity contribution in [3.8, 4) is 0 Å². The van der Waals surface area contributed by atoms with E-state index in [0.29, 0.717) is 5.92 Å². The number of rotatable bonds is 2. The molecule has 2 unspecified atom stereocenters. The summed E-state index contributed by atoms with van der Waals surface area (Å²) in [6.07, 6.45) is 5.62. The third-order valence-corrected chi connectivity index (χ3v) is 4.18. The molecule has 1 aliphatic heterocycles. The molecule has 2 heteroatoms. The first-order valence-corrected chi connectivity index (χ1v) is 6.70. The van der Waals surface area contributed by atoms with Crippen molar-refractivity contribution in [2.24, 2.45) is 5.92 Å². The van der Waals surface area contributed by atoms with Crippen LogP contribution in [0.5, 0.6) is 0 Å². The molecule has 1 fully saturated rings. The second kappa shape index (κ2) is 4.52. The number of benzene rings is 1. The van der Waals surface area contributed by atoms with Crippen LogP contribution in [0.1, 0.15) is 42.7 Å². The smallest absolute Gasteiger partial charge is 0.223 e. The molecule has 1 aromatic rings. The molecule has 17 heavy (non-hydrogen) atoms. The second-order valence-corrected chi connectivity index (χ2v) is 5.32. The largest absolute Gasteiger partial charge is 0.356 e. The van der Waals surface area contributed by atoms with E-state index in [-0.39, 0.29) is 11.8 Å². The van der Waals surface area contributed by atoms with Gasteiger partial charge in [-0.1, -0.05) is 30.7 Å². The highest BCUT2D eigenvalue weighted by molar-refractivity contribution is 5.79. The molecule has 90 valence electrons. The third-order valence-electron chi connectivity index (χ3n) is 4.18. The van der Waals surface area contributed by atoms with Gasteiger partial charge in [0.2, 0.25) is 5.91 Å². The molecule has 2 aliphatic rings. The Labute approximate surface area is 102 Å². The normalized spacial score (nSPS) is 27.6. The number of fused-ring (bicyclic) bond motifs is 1. The van der Waals surface area contributed by atoms with E-state index in [4.69, 9.17) is 0 Å². The third kappa shape index (κ3) is 2.08.